The third-order valence-corrected chi connectivity index (χ3v) is 3.17. The van der Waals surface area contributed by atoms with Gasteiger partial charge in [0.15, 0.2) is 0 Å². The first kappa shape index (κ1) is 11.2. The van der Waals surface area contributed by atoms with Crippen molar-refractivity contribution in [3.05, 3.63) is 17.3 Å². The molecule has 88 valence electrons. The lowest BCUT2D eigenvalue weighted by atomic mass is 9.86. The minimum atomic E-state index is -0.892. The number of rotatable bonds is 3. The monoisotopic (exact) mass is 223 g/mol. The highest BCUT2D eigenvalue weighted by Crippen LogP contribution is 2.33. The van der Waals surface area contributed by atoms with Crippen LogP contribution in [0.4, 0.5) is 0 Å². The number of hydrogen-bond donors (Lipinski definition) is 1. The Hall–Kier alpha value is -1.32. The Morgan fingerprint density at radius 2 is 2.12 bits per heavy atom. The number of aromatic nitrogens is 1. The molecule has 0 aromatic carbocycles. The van der Waals surface area contributed by atoms with Crippen molar-refractivity contribution < 1.29 is 14.3 Å². The largest absolute Gasteiger partial charge is 0.481 e. The first-order valence-electron chi connectivity index (χ1n) is 5.85. The SMILES string of the molecule is Cc1oc(CC(=O)O)nc1C1CCCCC1. The molecule has 1 fully saturated rings. The molecule has 4 heteroatoms. The van der Waals surface area contributed by atoms with Gasteiger partial charge >= 0.3 is 5.97 Å². The maximum absolute atomic E-state index is 10.6. The number of carboxylic acid groups (broad SMARTS) is 1. The molecule has 2 rings (SSSR count). The Labute approximate surface area is 94.7 Å². The van der Waals surface area contributed by atoms with Crippen molar-refractivity contribution in [2.24, 2.45) is 0 Å². The quantitative estimate of drug-likeness (QED) is 0.855. The van der Waals surface area contributed by atoms with E-state index in [9.17, 15) is 4.79 Å². The molecule has 1 heterocycles. The second kappa shape index (κ2) is 4.68. The van der Waals surface area contributed by atoms with E-state index >= 15 is 0 Å². The molecule has 1 aromatic heterocycles. The lowest BCUT2D eigenvalue weighted by Gasteiger charge is -2.19. The molecular weight excluding hydrogens is 206 g/mol. The van der Waals surface area contributed by atoms with Gasteiger partial charge in [-0.3, -0.25) is 4.79 Å². The Morgan fingerprint density at radius 3 is 2.75 bits per heavy atom. The number of nitrogens with zero attached hydrogens (tertiary/aromatic N) is 1. The van der Waals surface area contributed by atoms with Crippen molar-refractivity contribution in [1.29, 1.82) is 0 Å². The van der Waals surface area contributed by atoms with Crippen LogP contribution in [-0.4, -0.2) is 16.1 Å². The summed E-state index contributed by atoms with van der Waals surface area (Å²) in [5, 5.41) is 8.68. The summed E-state index contributed by atoms with van der Waals surface area (Å²) in [6.45, 7) is 1.88. The van der Waals surface area contributed by atoms with Gasteiger partial charge in [-0.1, -0.05) is 19.3 Å². The fourth-order valence-corrected chi connectivity index (χ4v) is 2.42. The summed E-state index contributed by atoms with van der Waals surface area (Å²) in [5.41, 5.74) is 0.982. The van der Waals surface area contributed by atoms with E-state index in [1.807, 2.05) is 6.92 Å². The van der Waals surface area contributed by atoms with Gasteiger partial charge in [0.1, 0.15) is 12.2 Å². The highest BCUT2D eigenvalue weighted by Gasteiger charge is 2.22. The molecule has 0 amide bonds. The fraction of sp³-hybridized carbons (Fsp3) is 0.667. The van der Waals surface area contributed by atoms with Gasteiger partial charge in [0.25, 0.3) is 0 Å². The van der Waals surface area contributed by atoms with Gasteiger partial charge in [-0.25, -0.2) is 4.98 Å². The molecule has 0 bridgehead atoms. The van der Waals surface area contributed by atoms with Gasteiger partial charge in [-0.05, 0) is 19.8 Å². The molecule has 0 unspecified atom stereocenters. The van der Waals surface area contributed by atoms with E-state index < -0.39 is 5.97 Å². The average Bonchev–Trinajstić information content (AvgIpc) is 2.60. The summed E-state index contributed by atoms with van der Waals surface area (Å²) in [7, 11) is 0. The van der Waals surface area contributed by atoms with Crippen molar-refractivity contribution in [2.45, 2.75) is 51.4 Å². The maximum atomic E-state index is 10.6. The van der Waals surface area contributed by atoms with Crippen LogP contribution in [0.5, 0.6) is 0 Å². The predicted molar refractivity (Wildman–Crippen MR) is 58.4 cm³/mol. The second-order valence-corrected chi connectivity index (χ2v) is 4.45. The molecule has 1 saturated carbocycles. The van der Waals surface area contributed by atoms with Crippen molar-refractivity contribution in [3.63, 3.8) is 0 Å². The van der Waals surface area contributed by atoms with Crippen LogP contribution in [0.1, 0.15) is 55.4 Å². The summed E-state index contributed by atoms with van der Waals surface area (Å²) in [5.74, 6) is 0.713. The van der Waals surface area contributed by atoms with E-state index in [2.05, 4.69) is 4.98 Å². The van der Waals surface area contributed by atoms with Crippen LogP contribution >= 0.6 is 0 Å². The standard InChI is InChI=1S/C12H17NO3/c1-8-12(9-5-3-2-4-6-9)13-10(16-8)7-11(14)15/h9H,2-7H2,1H3,(H,14,15). The first-order valence-corrected chi connectivity index (χ1v) is 5.85. The number of carboxylic acids is 1. The second-order valence-electron chi connectivity index (χ2n) is 4.45. The smallest absolute Gasteiger partial charge is 0.312 e. The third-order valence-electron chi connectivity index (χ3n) is 3.17. The van der Waals surface area contributed by atoms with Crippen molar-refractivity contribution in [1.82, 2.24) is 4.98 Å². The Bertz CT molecular complexity index is 378. The molecule has 1 aliphatic carbocycles. The number of carbonyl (C=O) groups is 1. The van der Waals surface area contributed by atoms with E-state index in [0.717, 1.165) is 24.3 Å². The molecule has 1 aromatic rings. The number of aryl methyl sites for hydroxylation is 1. The molecule has 1 N–H and O–H groups in total. The van der Waals surface area contributed by atoms with Gasteiger partial charge in [0.05, 0.1) is 5.69 Å². The normalized spacial score (nSPS) is 17.6. The van der Waals surface area contributed by atoms with Gasteiger partial charge in [-0.15, -0.1) is 0 Å². The van der Waals surface area contributed by atoms with Gasteiger partial charge in [-0.2, -0.15) is 0 Å². The number of hydrogen-bond acceptors (Lipinski definition) is 3. The fourth-order valence-electron chi connectivity index (χ4n) is 2.42. The van der Waals surface area contributed by atoms with Crippen LogP contribution in [0.15, 0.2) is 4.42 Å². The summed E-state index contributed by atoms with van der Waals surface area (Å²) in [4.78, 5) is 14.9. The van der Waals surface area contributed by atoms with E-state index in [1.165, 1.54) is 19.3 Å². The van der Waals surface area contributed by atoms with Crippen LogP contribution in [0.3, 0.4) is 0 Å². The topological polar surface area (TPSA) is 63.3 Å². The molecule has 16 heavy (non-hydrogen) atoms. The zero-order valence-corrected chi connectivity index (χ0v) is 9.53. The molecule has 4 nitrogen and oxygen atoms in total. The lowest BCUT2D eigenvalue weighted by molar-refractivity contribution is -0.136. The van der Waals surface area contributed by atoms with Crippen LogP contribution in [0.25, 0.3) is 0 Å². The zero-order chi connectivity index (χ0) is 11.5. The maximum Gasteiger partial charge on any atom is 0.312 e. The van der Waals surface area contributed by atoms with Crippen molar-refractivity contribution >= 4 is 5.97 Å². The Balaban J connectivity index is 2.13. The summed E-state index contributed by atoms with van der Waals surface area (Å²) >= 11 is 0. The highest BCUT2D eigenvalue weighted by atomic mass is 16.4. The Morgan fingerprint density at radius 1 is 1.44 bits per heavy atom. The highest BCUT2D eigenvalue weighted by molar-refractivity contribution is 5.68. The molecule has 0 aliphatic heterocycles. The predicted octanol–water partition coefficient (Wildman–Crippen LogP) is 2.66. The minimum absolute atomic E-state index is 0.118. The summed E-state index contributed by atoms with van der Waals surface area (Å²) in [6.07, 6.45) is 5.97. The van der Waals surface area contributed by atoms with Crippen molar-refractivity contribution in [2.75, 3.05) is 0 Å². The van der Waals surface area contributed by atoms with Gasteiger partial charge in [0.2, 0.25) is 5.89 Å². The van der Waals surface area contributed by atoms with Crippen LogP contribution in [-0.2, 0) is 11.2 Å². The molecular formula is C12H17NO3. The molecule has 0 radical (unpaired) electrons. The lowest BCUT2D eigenvalue weighted by Crippen LogP contribution is -2.06. The average molecular weight is 223 g/mol. The van der Waals surface area contributed by atoms with E-state index in [1.54, 1.807) is 0 Å². The zero-order valence-electron chi connectivity index (χ0n) is 9.53. The Kier molecular flexibility index (Phi) is 3.27. The van der Waals surface area contributed by atoms with E-state index in [0.29, 0.717) is 11.8 Å². The number of oxazole rings is 1. The van der Waals surface area contributed by atoms with Crippen molar-refractivity contribution in [3.8, 4) is 0 Å². The first-order chi connectivity index (χ1) is 7.66. The van der Waals surface area contributed by atoms with Gasteiger partial charge in [0, 0.05) is 5.92 Å². The van der Waals surface area contributed by atoms with E-state index in [4.69, 9.17) is 9.52 Å². The van der Waals surface area contributed by atoms with Crippen LogP contribution in [0, 0.1) is 6.92 Å². The number of aliphatic carboxylic acids is 1. The third kappa shape index (κ3) is 2.43. The molecule has 0 saturated heterocycles. The van der Waals surface area contributed by atoms with Crippen LogP contribution < -0.4 is 0 Å². The molecule has 0 spiro atoms. The summed E-state index contributed by atoms with van der Waals surface area (Å²) < 4.78 is 5.39. The van der Waals surface area contributed by atoms with E-state index in [-0.39, 0.29) is 6.42 Å². The molecule has 1 aliphatic rings. The minimum Gasteiger partial charge on any atom is -0.481 e. The summed E-state index contributed by atoms with van der Waals surface area (Å²) in [6, 6.07) is 0. The van der Waals surface area contributed by atoms with Gasteiger partial charge < -0.3 is 9.52 Å². The molecule has 0 atom stereocenters. The van der Waals surface area contributed by atoms with Crippen LogP contribution in [0.2, 0.25) is 0 Å².